The van der Waals surface area contributed by atoms with Crippen molar-refractivity contribution in [2.75, 3.05) is 36.8 Å². The lowest BCUT2D eigenvalue weighted by Crippen LogP contribution is -2.52. The lowest BCUT2D eigenvalue weighted by atomic mass is 9.91. The number of nitrogens with zero attached hydrogens (tertiary/aromatic N) is 1. The summed E-state index contributed by atoms with van der Waals surface area (Å²) >= 11 is 0. The van der Waals surface area contributed by atoms with Crippen LogP contribution in [0.25, 0.3) is 0 Å². The van der Waals surface area contributed by atoms with E-state index in [9.17, 15) is 54.6 Å². The van der Waals surface area contributed by atoms with Crippen LogP contribution in [0.1, 0.15) is 31.2 Å². The van der Waals surface area contributed by atoms with E-state index in [-0.39, 0.29) is 55.1 Å². The molecule has 0 bridgehead atoms. The first-order chi connectivity index (χ1) is 24.2. The van der Waals surface area contributed by atoms with Gasteiger partial charge in [0.15, 0.2) is 0 Å². The molecule has 0 unspecified atom stereocenters. The quantitative estimate of drug-likeness (QED) is 0.205. The number of benzene rings is 3. The van der Waals surface area contributed by atoms with Gasteiger partial charge in [-0.05, 0) is 106 Å². The first-order valence-electron chi connectivity index (χ1n) is 15.7. The number of carbonyl (C=O) groups excluding carboxylic acids is 2. The maximum absolute atomic E-state index is 12.9. The summed E-state index contributed by atoms with van der Waals surface area (Å²) in [5.41, 5.74) is -2.20. The predicted octanol–water partition coefficient (Wildman–Crippen LogP) is 4.69. The Balaban J connectivity index is 0.000000251. The van der Waals surface area contributed by atoms with Crippen LogP contribution in [-0.2, 0) is 19.6 Å². The average molecular weight is 763 g/mol. The number of nitrogens with one attached hydrogen (secondary N) is 3. The summed E-state index contributed by atoms with van der Waals surface area (Å²) < 4.78 is 107. The fraction of sp³-hybridized carbons (Fsp3) is 0.394. The third-order valence-electron chi connectivity index (χ3n) is 8.23. The molecule has 0 atom stereocenters. The van der Waals surface area contributed by atoms with Gasteiger partial charge in [0.1, 0.15) is 22.7 Å². The van der Waals surface area contributed by atoms with Crippen molar-refractivity contribution in [1.29, 1.82) is 0 Å². The molecule has 5 rings (SSSR count). The highest BCUT2D eigenvalue weighted by Gasteiger charge is 2.43. The Bertz CT molecular complexity index is 1790. The molecule has 19 heteroatoms. The maximum atomic E-state index is 12.9. The summed E-state index contributed by atoms with van der Waals surface area (Å²) in [5, 5.41) is 28.8. The Labute approximate surface area is 294 Å². The molecule has 2 aliphatic rings. The van der Waals surface area contributed by atoms with Crippen LogP contribution in [0, 0.1) is 6.92 Å². The fourth-order valence-corrected chi connectivity index (χ4v) is 7.02. The van der Waals surface area contributed by atoms with Crippen LogP contribution in [0.2, 0.25) is 0 Å². The number of piperidine rings is 2. The molecule has 2 heterocycles. The molecule has 2 saturated heterocycles. The predicted molar refractivity (Wildman–Crippen MR) is 175 cm³/mol. The van der Waals surface area contributed by atoms with Gasteiger partial charge in [0, 0.05) is 24.5 Å². The van der Waals surface area contributed by atoms with Crippen LogP contribution >= 0.6 is 0 Å². The Morgan fingerprint density at radius 1 is 0.712 bits per heavy atom. The van der Waals surface area contributed by atoms with E-state index in [1.165, 1.54) is 34.6 Å². The molecule has 52 heavy (non-hydrogen) atoms. The molecule has 2 amide bonds. The van der Waals surface area contributed by atoms with E-state index in [1.807, 2.05) is 0 Å². The van der Waals surface area contributed by atoms with Crippen LogP contribution < -0.4 is 25.4 Å². The minimum Gasteiger partial charge on any atom is -0.406 e. The summed E-state index contributed by atoms with van der Waals surface area (Å²) in [5.74, 6) is -2.14. The summed E-state index contributed by atoms with van der Waals surface area (Å²) in [6.45, 7) is 2.63. The van der Waals surface area contributed by atoms with Gasteiger partial charge in [-0.15, -0.1) is 26.3 Å². The van der Waals surface area contributed by atoms with E-state index < -0.39 is 51.5 Å². The first kappa shape index (κ1) is 40.3. The van der Waals surface area contributed by atoms with E-state index >= 15 is 0 Å². The number of hydrogen-bond donors (Lipinski definition) is 5. The van der Waals surface area contributed by atoms with Crippen LogP contribution in [0.4, 0.5) is 37.7 Å². The largest absolute Gasteiger partial charge is 0.573 e. The van der Waals surface area contributed by atoms with Crippen molar-refractivity contribution in [3.8, 4) is 11.5 Å². The highest BCUT2D eigenvalue weighted by molar-refractivity contribution is 7.89. The number of amides is 2. The van der Waals surface area contributed by atoms with Crippen molar-refractivity contribution in [1.82, 2.24) is 9.62 Å². The number of aliphatic hydroxyl groups is 2. The van der Waals surface area contributed by atoms with Crippen LogP contribution in [0.3, 0.4) is 0 Å². The SMILES string of the molecule is Cc1ccccc1S(=O)(=O)N1CCC(O)(C(=O)Nc2ccc(OC(F)(F)F)cc2)CC1.O=C(Nc1ccc(OC(F)(F)F)cc1)C1(O)CCNCC1. The van der Waals surface area contributed by atoms with E-state index in [0.29, 0.717) is 24.3 Å². The molecule has 2 aliphatic heterocycles. The molecule has 3 aromatic carbocycles. The lowest BCUT2D eigenvalue weighted by molar-refractivity contribution is -0.275. The van der Waals surface area contributed by atoms with E-state index in [0.717, 1.165) is 24.3 Å². The molecule has 5 N–H and O–H groups in total. The van der Waals surface area contributed by atoms with Gasteiger partial charge >= 0.3 is 12.7 Å². The zero-order valence-corrected chi connectivity index (χ0v) is 28.4. The molecule has 0 radical (unpaired) electrons. The van der Waals surface area contributed by atoms with Gasteiger partial charge in [-0.1, -0.05) is 18.2 Å². The van der Waals surface area contributed by atoms with Gasteiger partial charge in [0.05, 0.1) is 4.90 Å². The molecule has 12 nitrogen and oxygen atoms in total. The second kappa shape index (κ2) is 16.1. The van der Waals surface area contributed by atoms with Crippen LogP contribution in [-0.4, -0.2) is 84.9 Å². The third kappa shape index (κ3) is 11.0. The molecule has 0 aliphatic carbocycles. The standard InChI is InChI=1S/C20H21F3N2O5S.C13H15F3N2O3/c1-14-4-2-3-5-17(14)31(28,29)25-12-10-19(27,11-13-25)18(26)24-15-6-8-16(9-7-15)30-20(21,22)23;14-13(15,16)21-10-3-1-9(2-4-10)18-11(19)12(20)5-7-17-8-6-12/h2-9,27H,10-13H2,1H3,(H,24,26);1-4,17,20H,5-8H2,(H,18,19). The first-order valence-corrected chi connectivity index (χ1v) is 17.2. The summed E-state index contributed by atoms with van der Waals surface area (Å²) in [6.07, 6.45) is -9.26. The zero-order valence-electron chi connectivity index (χ0n) is 27.6. The Kier molecular flexibility index (Phi) is 12.5. The topological polar surface area (TPSA) is 167 Å². The van der Waals surface area contributed by atoms with Crippen molar-refractivity contribution in [2.24, 2.45) is 0 Å². The smallest absolute Gasteiger partial charge is 0.406 e. The molecule has 2 fully saturated rings. The van der Waals surface area contributed by atoms with Crippen molar-refractivity contribution in [2.45, 2.75) is 61.4 Å². The zero-order chi connectivity index (χ0) is 38.4. The lowest BCUT2D eigenvalue weighted by Gasteiger charge is -2.36. The van der Waals surface area contributed by atoms with Gasteiger partial charge in [0.2, 0.25) is 10.0 Å². The van der Waals surface area contributed by atoms with Gasteiger partial charge in [-0.3, -0.25) is 9.59 Å². The summed E-state index contributed by atoms with van der Waals surface area (Å²) in [4.78, 5) is 24.7. The Morgan fingerprint density at radius 2 is 1.12 bits per heavy atom. The van der Waals surface area contributed by atoms with Gasteiger partial charge in [-0.2, -0.15) is 4.31 Å². The number of alkyl halides is 6. The molecular formula is C33H36F6N4O8S. The van der Waals surface area contributed by atoms with Gasteiger partial charge in [-0.25, -0.2) is 8.42 Å². The van der Waals surface area contributed by atoms with Crippen LogP contribution in [0.5, 0.6) is 11.5 Å². The van der Waals surface area contributed by atoms with Crippen molar-refractivity contribution in [3.63, 3.8) is 0 Å². The molecular weight excluding hydrogens is 726 g/mol. The monoisotopic (exact) mass is 762 g/mol. The Hall–Kier alpha value is -4.43. The second-order valence-corrected chi connectivity index (χ2v) is 13.9. The molecule has 0 aromatic heterocycles. The van der Waals surface area contributed by atoms with Gasteiger partial charge in [0.25, 0.3) is 11.8 Å². The number of halogens is 6. The molecule has 0 spiro atoms. The number of carbonyl (C=O) groups is 2. The highest BCUT2D eigenvalue weighted by atomic mass is 32.2. The minimum atomic E-state index is -4.83. The van der Waals surface area contributed by atoms with Crippen molar-refractivity contribution >= 4 is 33.2 Å². The van der Waals surface area contributed by atoms with Crippen LogP contribution in [0.15, 0.2) is 77.7 Å². The normalized spacial score (nSPS) is 17.6. The maximum Gasteiger partial charge on any atom is 0.573 e. The van der Waals surface area contributed by atoms with E-state index in [4.69, 9.17) is 0 Å². The third-order valence-corrected chi connectivity index (χ3v) is 10.3. The van der Waals surface area contributed by atoms with Gasteiger partial charge < -0.3 is 35.6 Å². The average Bonchev–Trinajstić information content (AvgIpc) is 3.06. The summed E-state index contributed by atoms with van der Waals surface area (Å²) in [7, 11) is -3.76. The molecule has 284 valence electrons. The number of ether oxygens (including phenoxy) is 2. The van der Waals surface area contributed by atoms with E-state index in [2.05, 4.69) is 25.4 Å². The second-order valence-electron chi connectivity index (χ2n) is 12.0. The highest BCUT2D eigenvalue weighted by Crippen LogP contribution is 2.30. The van der Waals surface area contributed by atoms with Crippen molar-refractivity contribution < 1.29 is 64.0 Å². The fourth-order valence-electron chi connectivity index (χ4n) is 5.35. The van der Waals surface area contributed by atoms with Crippen molar-refractivity contribution in [3.05, 3.63) is 78.4 Å². The Morgan fingerprint density at radius 3 is 1.52 bits per heavy atom. The number of aryl methyl sites for hydroxylation is 1. The number of hydrogen-bond acceptors (Lipinski definition) is 9. The number of sulfonamides is 1. The number of rotatable bonds is 8. The molecule has 3 aromatic rings. The summed E-state index contributed by atoms with van der Waals surface area (Å²) in [6, 6.07) is 15.8. The van der Waals surface area contributed by atoms with E-state index in [1.54, 1.807) is 25.1 Å². The minimum absolute atomic E-state index is 0.0566. The molecule has 0 saturated carbocycles. The number of anilines is 2.